The summed E-state index contributed by atoms with van der Waals surface area (Å²) in [5.74, 6) is -1.24. The highest BCUT2D eigenvalue weighted by atomic mass is 19.1. The maximum absolute atomic E-state index is 12.9. The molecule has 1 aromatic carbocycles. The van der Waals surface area contributed by atoms with Gasteiger partial charge in [0.15, 0.2) is 11.6 Å². The number of aromatic hydroxyl groups is 1. The zero-order chi connectivity index (χ0) is 10.7. The van der Waals surface area contributed by atoms with Crippen LogP contribution in [0.5, 0.6) is 5.75 Å². The summed E-state index contributed by atoms with van der Waals surface area (Å²) in [5.41, 5.74) is 0.621. The molecule has 0 bridgehead atoms. The van der Waals surface area contributed by atoms with Gasteiger partial charge in [-0.25, -0.2) is 4.39 Å². The third-order valence-corrected chi connectivity index (χ3v) is 1.89. The first-order valence-corrected chi connectivity index (χ1v) is 4.26. The van der Waals surface area contributed by atoms with E-state index in [1.807, 2.05) is 0 Å². The van der Waals surface area contributed by atoms with Crippen molar-refractivity contribution in [3.63, 3.8) is 0 Å². The Labute approximate surface area is 81.6 Å². The molecule has 0 fully saturated rings. The molecule has 0 saturated carbocycles. The van der Waals surface area contributed by atoms with Crippen LogP contribution in [0.4, 0.5) is 4.39 Å². The zero-order valence-corrected chi connectivity index (χ0v) is 8.04. The molecule has 2 N–H and O–H groups in total. The van der Waals surface area contributed by atoms with Crippen molar-refractivity contribution in [2.24, 2.45) is 0 Å². The summed E-state index contributed by atoms with van der Waals surface area (Å²) >= 11 is 0. The zero-order valence-electron chi connectivity index (χ0n) is 8.04. The molecule has 1 amide bonds. The normalized spacial score (nSPS) is 12.2. The van der Waals surface area contributed by atoms with Crippen LogP contribution < -0.4 is 5.32 Å². The van der Waals surface area contributed by atoms with Crippen LogP contribution in [-0.2, 0) is 4.79 Å². The van der Waals surface area contributed by atoms with Crippen LogP contribution in [0.25, 0.3) is 0 Å². The molecule has 0 aliphatic heterocycles. The SMILES string of the molecule is CC(=O)N[C@H](C)c1ccc(O)c(F)c1. The summed E-state index contributed by atoms with van der Waals surface area (Å²) in [7, 11) is 0. The van der Waals surface area contributed by atoms with Gasteiger partial charge < -0.3 is 10.4 Å². The van der Waals surface area contributed by atoms with E-state index in [9.17, 15) is 9.18 Å². The van der Waals surface area contributed by atoms with Crippen LogP contribution in [0.2, 0.25) is 0 Å². The van der Waals surface area contributed by atoms with Crippen molar-refractivity contribution in [3.8, 4) is 5.75 Å². The van der Waals surface area contributed by atoms with Gasteiger partial charge in [-0.2, -0.15) is 0 Å². The van der Waals surface area contributed by atoms with Gasteiger partial charge in [0, 0.05) is 6.92 Å². The molecule has 0 radical (unpaired) electrons. The molecule has 1 rings (SSSR count). The van der Waals surface area contributed by atoms with Crippen LogP contribution in [-0.4, -0.2) is 11.0 Å². The van der Waals surface area contributed by atoms with Crippen LogP contribution in [0, 0.1) is 5.82 Å². The van der Waals surface area contributed by atoms with Crippen molar-refractivity contribution < 1.29 is 14.3 Å². The average molecular weight is 197 g/mol. The van der Waals surface area contributed by atoms with Gasteiger partial charge in [-0.15, -0.1) is 0 Å². The minimum Gasteiger partial charge on any atom is -0.505 e. The number of amides is 1. The van der Waals surface area contributed by atoms with E-state index in [1.165, 1.54) is 19.1 Å². The third-order valence-electron chi connectivity index (χ3n) is 1.89. The number of phenols is 1. The number of rotatable bonds is 2. The van der Waals surface area contributed by atoms with Crippen LogP contribution in [0.15, 0.2) is 18.2 Å². The molecule has 76 valence electrons. The molecule has 4 heteroatoms. The highest BCUT2D eigenvalue weighted by Gasteiger charge is 2.09. The lowest BCUT2D eigenvalue weighted by Crippen LogP contribution is -2.23. The minimum absolute atomic E-state index is 0.175. The van der Waals surface area contributed by atoms with E-state index in [2.05, 4.69) is 5.32 Å². The van der Waals surface area contributed by atoms with E-state index in [4.69, 9.17) is 5.11 Å². The Balaban J connectivity index is 2.85. The van der Waals surface area contributed by atoms with E-state index in [0.717, 1.165) is 0 Å². The van der Waals surface area contributed by atoms with E-state index in [0.29, 0.717) is 5.56 Å². The van der Waals surface area contributed by atoms with Crippen LogP contribution in [0.1, 0.15) is 25.5 Å². The van der Waals surface area contributed by atoms with Gasteiger partial charge in [-0.05, 0) is 24.6 Å². The fraction of sp³-hybridized carbons (Fsp3) is 0.300. The van der Waals surface area contributed by atoms with E-state index < -0.39 is 5.82 Å². The van der Waals surface area contributed by atoms with Gasteiger partial charge in [-0.1, -0.05) is 6.07 Å². The largest absolute Gasteiger partial charge is 0.505 e. The number of nitrogens with one attached hydrogen (secondary N) is 1. The number of hydrogen-bond donors (Lipinski definition) is 2. The molecule has 0 unspecified atom stereocenters. The Morgan fingerprint density at radius 2 is 2.21 bits per heavy atom. The van der Waals surface area contributed by atoms with Crippen molar-refractivity contribution >= 4 is 5.91 Å². The first kappa shape index (κ1) is 10.5. The van der Waals surface area contributed by atoms with Crippen molar-refractivity contribution in [1.82, 2.24) is 5.32 Å². The van der Waals surface area contributed by atoms with Crippen LogP contribution in [0.3, 0.4) is 0 Å². The molecule has 0 aliphatic carbocycles. The molecule has 0 heterocycles. The maximum Gasteiger partial charge on any atom is 0.217 e. The van der Waals surface area contributed by atoms with E-state index in [1.54, 1.807) is 13.0 Å². The predicted octanol–water partition coefficient (Wildman–Crippen LogP) is 1.73. The summed E-state index contributed by atoms with van der Waals surface area (Å²) in [6, 6.07) is 3.78. The Morgan fingerprint density at radius 1 is 1.57 bits per heavy atom. The number of hydrogen-bond acceptors (Lipinski definition) is 2. The summed E-state index contributed by atoms with van der Waals surface area (Å²) in [6.45, 7) is 3.14. The highest BCUT2D eigenvalue weighted by Crippen LogP contribution is 2.20. The van der Waals surface area contributed by atoms with Crippen molar-refractivity contribution in [3.05, 3.63) is 29.6 Å². The molecular formula is C10H12FNO2. The first-order valence-electron chi connectivity index (χ1n) is 4.26. The van der Waals surface area contributed by atoms with Crippen molar-refractivity contribution in [1.29, 1.82) is 0 Å². The Hall–Kier alpha value is -1.58. The number of phenolic OH excluding ortho intramolecular Hbond substituents is 1. The quantitative estimate of drug-likeness (QED) is 0.758. The number of halogens is 1. The molecule has 1 aromatic rings. The molecular weight excluding hydrogens is 185 g/mol. The van der Waals surface area contributed by atoms with Gasteiger partial charge in [0.25, 0.3) is 0 Å². The second kappa shape index (κ2) is 4.09. The van der Waals surface area contributed by atoms with Gasteiger partial charge in [-0.3, -0.25) is 4.79 Å². The van der Waals surface area contributed by atoms with Crippen molar-refractivity contribution in [2.45, 2.75) is 19.9 Å². The minimum atomic E-state index is -0.681. The van der Waals surface area contributed by atoms with Gasteiger partial charge >= 0.3 is 0 Å². The molecule has 0 aromatic heterocycles. The second-order valence-corrected chi connectivity index (χ2v) is 3.13. The number of carbonyl (C=O) groups is 1. The third kappa shape index (κ3) is 2.45. The fourth-order valence-electron chi connectivity index (χ4n) is 1.18. The lowest BCUT2D eigenvalue weighted by molar-refractivity contribution is -0.119. The topological polar surface area (TPSA) is 49.3 Å². The standard InChI is InChI=1S/C10H12FNO2/c1-6(12-7(2)13)8-3-4-10(14)9(11)5-8/h3-6,14H,1-2H3,(H,12,13)/t6-/m1/s1. The second-order valence-electron chi connectivity index (χ2n) is 3.13. The smallest absolute Gasteiger partial charge is 0.217 e. The molecule has 14 heavy (non-hydrogen) atoms. The first-order chi connectivity index (χ1) is 6.50. The molecule has 0 spiro atoms. The Morgan fingerprint density at radius 3 is 2.71 bits per heavy atom. The Kier molecular flexibility index (Phi) is 3.06. The average Bonchev–Trinajstić information content (AvgIpc) is 2.08. The monoisotopic (exact) mass is 197 g/mol. The van der Waals surface area contributed by atoms with Crippen molar-refractivity contribution in [2.75, 3.05) is 0 Å². The molecule has 1 atom stereocenters. The van der Waals surface area contributed by atoms with Gasteiger partial charge in [0.1, 0.15) is 0 Å². The van der Waals surface area contributed by atoms with Crippen LogP contribution >= 0.6 is 0 Å². The predicted molar refractivity (Wildman–Crippen MR) is 50.3 cm³/mol. The summed E-state index contributed by atoms with van der Waals surface area (Å²) in [5, 5.41) is 11.6. The maximum atomic E-state index is 12.9. The molecule has 3 nitrogen and oxygen atoms in total. The van der Waals surface area contributed by atoms with E-state index >= 15 is 0 Å². The Bertz CT molecular complexity index is 352. The van der Waals surface area contributed by atoms with Gasteiger partial charge in [0.05, 0.1) is 6.04 Å². The fourth-order valence-corrected chi connectivity index (χ4v) is 1.18. The van der Waals surface area contributed by atoms with E-state index in [-0.39, 0.29) is 17.7 Å². The number of carbonyl (C=O) groups excluding carboxylic acids is 1. The lowest BCUT2D eigenvalue weighted by Gasteiger charge is -2.12. The number of benzene rings is 1. The summed E-state index contributed by atoms with van der Waals surface area (Å²) in [6.07, 6.45) is 0. The highest BCUT2D eigenvalue weighted by molar-refractivity contribution is 5.73. The lowest BCUT2D eigenvalue weighted by atomic mass is 10.1. The molecule has 0 saturated heterocycles. The molecule has 0 aliphatic rings. The van der Waals surface area contributed by atoms with Gasteiger partial charge in [0.2, 0.25) is 5.91 Å². The summed E-state index contributed by atoms with van der Waals surface area (Å²) in [4.78, 5) is 10.7. The summed E-state index contributed by atoms with van der Waals surface area (Å²) < 4.78 is 12.9.